The van der Waals surface area contributed by atoms with Crippen LogP contribution in [0.3, 0.4) is 0 Å². The first-order valence-electron chi connectivity index (χ1n) is 4.48. The highest BCUT2D eigenvalue weighted by atomic mass is 79.9. The molecule has 0 aliphatic carbocycles. The van der Waals surface area contributed by atoms with E-state index < -0.39 is 5.92 Å². The van der Waals surface area contributed by atoms with Crippen molar-refractivity contribution in [2.45, 2.75) is 6.92 Å². The van der Waals surface area contributed by atoms with E-state index >= 15 is 0 Å². The van der Waals surface area contributed by atoms with Gasteiger partial charge >= 0.3 is 0 Å². The summed E-state index contributed by atoms with van der Waals surface area (Å²) in [6.07, 6.45) is 0. The fourth-order valence-corrected chi connectivity index (χ4v) is 1.46. The largest absolute Gasteiger partial charge is 0.324 e. The average Bonchev–Trinajstić information content (AvgIpc) is 2.30. The summed E-state index contributed by atoms with van der Waals surface area (Å²) in [7, 11) is 0. The summed E-state index contributed by atoms with van der Waals surface area (Å²) in [5, 5.41) is 19.8. The monoisotopic (exact) mass is 277 g/mol. The van der Waals surface area contributed by atoms with Gasteiger partial charge in [0.2, 0.25) is 5.91 Å². The Labute approximate surface area is 102 Å². The van der Waals surface area contributed by atoms with Gasteiger partial charge in [-0.25, -0.2) is 0 Å². The van der Waals surface area contributed by atoms with Crippen molar-refractivity contribution < 1.29 is 4.79 Å². The molecular formula is C11H8BrN3O. The number of nitrogens with one attached hydrogen (secondary N) is 1. The number of rotatable bonds is 2. The van der Waals surface area contributed by atoms with Gasteiger partial charge in [0, 0.05) is 4.47 Å². The molecule has 0 aliphatic heterocycles. The van der Waals surface area contributed by atoms with Crippen LogP contribution in [0.4, 0.5) is 5.69 Å². The molecule has 1 rings (SSSR count). The molecule has 0 fully saturated rings. The molecule has 1 aromatic rings. The van der Waals surface area contributed by atoms with Gasteiger partial charge in [-0.05, 0) is 41.1 Å². The van der Waals surface area contributed by atoms with E-state index in [1.807, 2.05) is 12.1 Å². The summed E-state index contributed by atoms with van der Waals surface area (Å²) in [5.41, 5.74) is 1.05. The number of nitriles is 2. The molecule has 0 saturated heterocycles. The van der Waals surface area contributed by atoms with Crippen molar-refractivity contribution in [2.24, 2.45) is 5.92 Å². The Hall–Kier alpha value is -1.85. The van der Waals surface area contributed by atoms with E-state index in [1.165, 1.54) is 6.92 Å². The molecule has 1 aromatic carbocycles. The van der Waals surface area contributed by atoms with Gasteiger partial charge < -0.3 is 5.32 Å². The van der Waals surface area contributed by atoms with E-state index in [2.05, 4.69) is 21.2 Å². The van der Waals surface area contributed by atoms with Crippen LogP contribution >= 0.6 is 15.9 Å². The van der Waals surface area contributed by atoms with Gasteiger partial charge in [0.05, 0.1) is 23.4 Å². The lowest BCUT2D eigenvalue weighted by Gasteiger charge is -2.08. The summed E-state index contributed by atoms with van der Waals surface area (Å²) >= 11 is 3.24. The first kappa shape index (κ1) is 12.2. The minimum Gasteiger partial charge on any atom is -0.324 e. The molecule has 0 saturated carbocycles. The molecule has 5 heteroatoms. The Morgan fingerprint density at radius 1 is 1.50 bits per heavy atom. The van der Waals surface area contributed by atoms with Crippen LogP contribution in [0.5, 0.6) is 0 Å². The Kier molecular flexibility index (Phi) is 4.04. The zero-order valence-electron chi connectivity index (χ0n) is 8.49. The quantitative estimate of drug-likeness (QED) is 0.902. The molecule has 0 spiro atoms. The summed E-state index contributed by atoms with van der Waals surface area (Å²) in [6, 6.07) is 8.65. The first-order chi connectivity index (χ1) is 7.58. The molecule has 0 radical (unpaired) electrons. The molecule has 0 bridgehead atoms. The van der Waals surface area contributed by atoms with Gasteiger partial charge in [0.1, 0.15) is 5.92 Å². The lowest BCUT2D eigenvalue weighted by molar-refractivity contribution is -0.117. The summed E-state index contributed by atoms with van der Waals surface area (Å²) in [6.45, 7) is 1.52. The summed E-state index contributed by atoms with van der Waals surface area (Å²) < 4.78 is 0.616. The molecule has 1 amide bonds. The average molecular weight is 278 g/mol. The van der Waals surface area contributed by atoms with Crippen LogP contribution in [0.2, 0.25) is 0 Å². The number of hydrogen-bond acceptors (Lipinski definition) is 3. The maximum Gasteiger partial charge on any atom is 0.241 e. The molecule has 1 atom stereocenters. The summed E-state index contributed by atoms with van der Waals surface area (Å²) in [4.78, 5) is 11.4. The third-order valence-corrected chi connectivity index (χ3v) is 2.60. The third-order valence-electron chi connectivity index (χ3n) is 1.94. The molecule has 4 nitrogen and oxygen atoms in total. The van der Waals surface area contributed by atoms with Crippen molar-refractivity contribution in [3.63, 3.8) is 0 Å². The standard InChI is InChI=1S/C11H8BrN3O/c1-7(5-13)11(16)15-10-3-2-8(6-14)4-9(10)12/h2-4,7H,1H3,(H,15,16). The maximum atomic E-state index is 11.4. The summed E-state index contributed by atoms with van der Waals surface area (Å²) in [5.74, 6) is -1.07. The molecule has 0 aliphatic rings. The van der Waals surface area contributed by atoms with Crippen LogP contribution in [0.15, 0.2) is 22.7 Å². The third kappa shape index (κ3) is 2.82. The van der Waals surface area contributed by atoms with Crippen molar-refractivity contribution >= 4 is 27.5 Å². The van der Waals surface area contributed by atoms with E-state index in [0.717, 1.165) is 0 Å². The van der Waals surface area contributed by atoms with Gasteiger partial charge in [-0.2, -0.15) is 10.5 Å². The van der Waals surface area contributed by atoms with Crippen molar-refractivity contribution in [1.82, 2.24) is 0 Å². The fraction of sp³-hybridized carbons (Fsp3) is 0.182. The Morgan fingerprint density at radius 3 is 2.69 bits per heavy atom. The smallest absolute Gasteiger partial charge is 0.241 e. The molecule has 0 heterocycles. The molecule has 80 valence electrons. The van der Waals surface area contributed by atoms with Gasteiger partial charge in [0.25, 0.3) is 0 Å². The topological polar surface area (TPSA) is 76.7 Å². The Morgan fingerprint density at radius 2 is 2.19 bits per heavy atom. The lowest BCUT2D eigenvalue weighted by atomic mass is 10.2. The number of anilines is 1. The number of hydrogen-bond donors (Lipinski definition) is 1. The van der Waals surface area contributed by atoms with Crippen molar-refractivity contribution in [1.29, 1.82) is 10.5 Å². The van der Waals surface area contributed by atoms with E-state index in [9.17, 15) is 4.79 Å². The van der Waals surface area contributed by atoms with Crippen molar-refractivity contribution in [3.05, 3.63) is 28.2 Å². The second kappa shape index (κ2) is 5.29. The van der Waals surface area contributed by atoms with Crippen LogP contribution in [-0.2, 0) is 4.79 Å². The Balaban J connectivity index is 2.88. The van der Waals surface area contributed by atoms with E-state index in [-0.39, 0.29) is 5.91 Å². The highest BCUT2D eigenvalue weighted by Gasteiger charge is 2.13. The number of benzene rings is 1. The van der Waals surface area contributed by atoms with Crippen LogP contribution in [0.1, 0.15) is 12.5 Å². The van der Waals surface area contributed by atoms with E-state index in [4.69, 9.17) is 10.5 Å². The van der Waals surface area contributed by atoms with Gasteiger partial charge in [0.15, 0.2) is 0 Å². The second-order valence-corrected chi connectivity index (χ2v) is 4.00. The fourth-order valence-electron chi connectivity index (χ4n) is 0.986. The SMILES string of the molecule is CC(C#N)C(=O)Nc1ccc(C#N)cc1Br. The molecule has 16 heavy (non-hydrogen) atoms. The number of halogens is 1. The molecule has 1 N–H and O–H groups in total. The maximum absolute atomic E-state index is 11.4. The highest BCUT2D eigenvalue weighted by Crippen LogP contribution is 2.23. The first-order valence-corrected chi connectivity index (χ1v) is 5.28. The molecule has 1 unspecified atom stereocenters. The highest BCUT2D eigenvalue weighted by molar-refractivity contribution is 9.10. The normalized spacial score (nSPS) is 11.0. The number of carbonyl (C=O) groups excluding carboxylic acids is 1. The zero-order chi connectivity index (χ0) is 12.1. The minimum atomic E-state index is -0.706. The Bertz CT molecular complexity index is 499. The zero-order valence-corrected chi connectivity index (χ0v) is 10.1. The predicted molar refractivity (Wildman–Crippen MR) is 62.3 cm³/mol. The second-order valence-electron chi connectivity index (χ2n) is 3.15. The molecular weight excluding hydrogens is 270 g/mol. The minimum absolute atomic E-state index is 0.368. The van der Waals surface area contributed by atoms with Gasteiger partial charge in [-0.15, -0.1) is 0 Å². The van der Waals surface area contributed by atoms with Crippen LogP contribution in [0, 0.1) is 28.6 Å². The van der Waals surface area contributed by atoms with Gasteiger partial charge in [-0.1, -0.05) is 0 Å². The van der Waals surface area contributed by atoms with Crippen LogP contribution in [0.25, 0.3) is 0 Å². The van der Waals surface area contributed by atoms with Gasteiger partial charge in [-0.3, -0.25) is 4.79 Å². The number of amides is 1. The number of carbonyl (C=O) groups is 1. The van der Waals surface area contributed by atoms with Crippen LogP contribution in [-0.4, -0.2) is 5.91 Å². The number of nitrogens with zero attached hydrogens (tertiary/aromatic N) is 2. The van der Waals surface area contributed by atoms with E-state index in [1.54, 1.807) is 18.2 Å². The van der Waals surface area contributed by atoms with Crippen LogP contribution < -0.4 is 5.32 Å². The lowest BCUT2D eigenvalue weighted by Crippen LogP contribution is -2.19. The van der Waals surface area contributed by atoms with Crippen molar-refractivity contribution in [3.8, 4) is 12.1 Å². The molecule has 0 aromatic heterocycles. The van der Waals surface area contributed by atoms with E-state index in [0.29, 0.717) is 15.7 Å². The predicted octanol–water partition coefficient (Wildman–Crippen LogP) is 2.42. The van der Waals surface area contributed by atoms with Crippen molar-refractivity contribution in [2.75, 3.05) is 5.32 Å².